The molecule has 2 aromatic heterocycles. The number of pyridine rings is 1. The third-order valence-corrected chi connectivity index (χ3v) is 11.6. The zero-order valence-corrected chi connectivity index (χ0v) is 33.1. The first-order valence-corrected chi connectivity index (χ1v) is 19.9. The summed E-state index contributed by atoms with van der Waals surface area (Å²) < 4.78 is 1.44. The summed E-state index contributed by atoms with van der Waals surface area (Å²) in [6.45, 7) is 3.94. The van der Waals surface area contributed by atoms with Crippen molar-refractivity contribution in [3.05, 3.63) is 112 Å². The average Bonchev–Trinajstić information content (AvgIpc) is 3.21. The van der Waals surface area contributed by atoms with Gasteiger partial charge < -0.3 is 30.4 Å². The van der Waals surface area contributed by atoms with E-state index in [1.807, 2.05) is 48.2 Å². The van der Waals surface area contributed by atoms with E-state index in [-0.39, 0.29) is 41.7 Å². The van der Waals surface area contributed by atoms with Crippen LogP contribution in [0.2, 0.25) is 5.02 Å². The van der Waals surface area contributed by atoms with Gasteiger partial charge in [-0.25, -0.2) is 4.98 Å². The Kier molecular flexibility index (Phi) is 12.3. The summed E-state index contributed by atoms with van der Waals surface area (Å²) in [5, 5.41) is 19.3. The van der Waals surface area contributed by atoms with E-state index in [2.05, 4.69) is 37.6 Å². The largest absolute Gasteiger partial charge is 0.388 e. The Morgan fingerprint density at radius 2 is 1.70 bits per heavy atom. The van der Waals surface area contributed by atoms with Crippen molar-refractivity contribution in [3.63, 3.8) is 0 Å². The predicted octanol–water partition coefficient (Wildman–Crippen LogP) is 4.38. The minimum atomic E-state index is -1.18. The molecule has 3 N–H and O–H groups in total. The van der Waals surface area contributed by atoms with E-state index >= 15 is 0 Å². The molecule has 0 unspecified atom stereocenters. The highest BCUT2D eigenvalue weighted by Gasteiger charge is 2.41. The zero-order valence-electron chi connectivity index (χ0n) is 32.4. The summed E-state index contributed by atoms with van der Waals surface area (Å²) in [6.07, 6.45) is 4.74. The molecule has 0 spiro atoms. The number of aromatic nitrogens is 3. The monoisotopic (exact) mass is 792 g/mol. The Bertz CT molecular complexity index is 2310. The molecule has 4 heterocycles. The maximum absolute atomic E-state index is 14.2. The number of carbonyl (C=O) groups excluding carboxylic acids is 3. The second-order valence-corrected chi connectivity index (χ2v) is 16.0. The highest BCUT2D eigenvalue weighted by atomic mass is 35.5. The lowest BCUT2D eigenvalue weighted by atomic mass is 9.79. The van der Waals surface area contributed by atoms with E-state index in [4.69, 9.17) is 11.6 Å². The van der Waals surface area contributed by atoms with Crippen LogP contribution >= 0.6 is 11.6 Å². The minimum Gasteiger partial charge on any atom is -0.388 e. The molecular formula is C43H49ClN8O5. The number of halogens is 1. The first kappa shape index (κ1) is 40.0. The molecule has 2 saturated heterocycles. The lowest BCUT2D eigenvalue weighted by Gasteiger charge is -2.43. The number of nitrogens with one attached hydrogen (secondary N) is 2. The van der Waals surface area contributed by atoms with Crippen molar-refractivity contribution in [2.45, 2.75) is 43.7 Å². The zero-order chi connectivity index (χ0) is 40.1. The Morgan fingerprint density at radius 1 is 0.947 bits per heavy atom. The van der Waals surface area contributed by atoms with Gasteiger partial charge in [-0.05, 0) is 81.9 Å². The van der Waals surface area contributed by atoms with Gasteiger partial charge in [0.1, 0.15) is 0 Å². The first-order chi connectivity index (χ1) is 27.5. The number of hydrogen-bond acceptors (Lipinski definition) is 9. The number of carbonyl (C=O) groups is 3. The average molecular weight is 793 g/mol. The number of fused-ring (bicyclic) bond motifs is 2. The van der Waals surface area contributed by atoms with E-state index in [0.717, 1.165) is 10.9 Å². The summed E-state index contributed by atoms with van der Waals surface area (Å²) in [6, 6.07) is 22.2. The maximum atomic E-state index is 14.2. The molecule has 3 aromatic carbocycles. The smallest absolute Gasteiger partial charge is 0.261 e. The number of amides is 3. The van der Waals surface area contributed by atoms with Gasteiger partial charge in [0.05, 0.1) is 39.9 Å². The van der Waals surface area contributed by atoms with Gasteiger partial charge in [-0.1, -0.05) is 48.0 Å². The molecule has 14 heteroatoms. The standard InChI is InChI=1S/C43H49ClN8O5/c1-49(2)19-14-39(53)48-31-9-11-34-38(25-31)47-28-52(42(34)56)27-43(57)15-21-51(22-16-43)41(55)32-13-20-50(26-35(32)29-6-4-3-5-7-29)23-18-46-40(54)30-8-10-33-36(44)12-17-45-37(33)24-30/h3-12,17,24-25,28,32,35,57H,13-16,18-23,26-27H2,1-2H3,(H,46,54)(H,48,53)/t32-,35+/m0/s1. The maximum Gasteiger partial charge on any atom is 0.261 e. The van der Waals surface area contributed by atoms with Gasteiger partial charge in [0, 0.05) is 80.4 Å². The molecule has 2 aliphatic heterocycles. The lowest BCUT2D eigenvalue weighted by Crippen LogP contribution is -2.53. The molecule has 57 heavy (non-hydrogen) atoms. The topological polar surface area (TPSA) is 153 Å². The van der Waals surface area contributed by atoms with Crippen molar-refractivity contribution >= 4 is 56.8 Å². The fourth-order valence-corrected chi connectivity index (χ4v) is 8.21. The Balaban J connectivity index is 0.943. The van der Waals surface area contributed by atoms with Crippen LogP contribution in [0.3, 0.4) is 0 Å². The van der Waals surface area contributed by atoms with E-state index in [1.54, 1.807) is 42.6 Å². The molecule has 0 bridgehead atoms. The van der Waals surface area contributed by atoms with Crippen LogP contribution in [-0.4, -0.2) is 118 Å². The van der Waals surface area contributed by atoms with E-state index in [1.165, 1.54) is 10.9 Å². The Labute approximate surface area is 336 Å². The van der Waals surface area contributed by atoms with Crippen LogP contribution in [0.15, 0.2) is 90.1 Å². The van der Waals surface area contributed by atoms with Crippen molar-refractivity contribution in [2.75, 3.05) is 65.2 Å². The van der Waals surface area contributed by atoms with Crippen molar-refractivity contribution in [2.24, 2.45) is 5.92 Å². The van der Waals surface area contributed by atoms with Crippen molar-refractivity contribution in [3.8, 4) is 0 Å². The molecular weight excluding hydrogens is 744 g/mol. The van der Waals surface area contributed by atoms with Crippen LogP contribution in [0.5, 0.6) is 0 Å². The summed E-state index contributed by atoms with van der Waals surface area (Å²) in [5.41, 5.74) is 1.86. The predicted molar refractivity (Wildman–Crippen MR) is 221 cm³/mol. The number of piperidine rings is 2. The Morgan fingerprint density at radius 3 is 2.47 bits per heavy atom. The van der Waals surface area contributed by atoms with Gasteiger partial charge in [-0.15, -0.1) is 0 Å². The van der Waals surface area contributed by atoms with E-state index < -0.39 is 5.60 Å². The first-order valence-electron chi connectivity index (χ1n) is 19.5. The number of anilines is 1. The number of benzene rings is 3. The van der Waals surface area contributed by atoms with Crippen molar-refractivity contribution < 1.29 is 19.5 Å². The second kappa shape index (κ2) is 17.5. The third kappa shape index (κ3) is 9.50. The minimum absolute atomic E-state index is 0.0330. The van der Waals surface area contributed by atoms with Crippen LogP contribution < -0.4 is 16.2 Å². The van der Waals surface area contributed by atoms with Gasteiger partial charge in [0.15, 0.2) is 0 Å². The molecule has 13 nitrogen and oxygen atoms in total. The van der Waals surface area contributed by atoms with Crippen molar-refractivity contribution in [1.29, 1.82) is 0 Å². The van der Waals surface area contributed by atoms with Gasteiger partial charge in [0.2, 0.25) is 11.8 Å². The van der Waals surface area contributed by atoms with Gasteiger partial charge >= 0.3 is 0 Å². The molecule has 5 aromatic rings. The van der Waals surface area contributed by atoms with Crippen LogP contribution in [-0.2, 0) is 16.1 Å². The summed E-state index contributed by atoms with van der Waals surface area (Å²) in [7, 11) is 3.81. The lowest BCUT2D eigenvalue weighted by molar-refractivity contribution is -0.142. The normalized spacial score (nSPS) is 18.5. The van der Waals surface area contributed by atoms with Crippen LogP contribution in [0.4, 0.5) is 5.69 Å². The molecule has 2 aliphatic rings. The van der Waals surface area contributed by atoms with E-state index in [9.17, 15) is 24.3 Å². The van der Waals surface area contributed by atoms with Crippen molar-refractivity contribution in [1.82, 2.24) is 34.6 Å². The molecule has 298 valence electrons. The van der Waals surface area contributed by atoms with Crippen LogP contribution in [0.25, 0.3) is 21.8 Å². The summed E-state index contributed by atoms with van der Waals surface area (Å²) in [4.78, 5) is 67.9. The van der Waals surface area contributed by atoms with Gasteiger partial charge in [-0.3, -0.25) is 28.7 Å². The molecule has 0 radical (unpaired) electrons. The highest BCUT2D eigenvalue weighted by Crippen LogP contribution is 2.35. The summed E-state index contributed by atoms with van der Waals surface area (Å²) >= 11 is 6.27. The number of likely N-dealkylation sites (tertiary alicyclic amines) is 2. The highest BCUT2D eigenvalue weighted by molar-refractivity contribution is 6.35. The van der Waals surface area contributed by atoms with Crippen LogP contribution in [0.1, 0.15) is 47.5 Å². The molecule has 3 amide bonds. The molecule has 0 saturated carbocycles. The van der Waals surface area contributed by atoms with E-state index in [0.29, 0.717) is 104 Å². The molecule has 7 rings (SSSR count). The SMILES string of the molecule is CN(C)CCC(=O)Nc1ccc2c(=O)n(CC3(O)CCN(C(=O)[C@H]4CCN(CCNC(=O)c5ccc6c(Cl)ccnc6c5)C[C@@H]4c4ccccc4)CC3)cnc2c1. The van der Waals surface area contributed by atoms with Gasteiger partial charge in [0.25, 0.3) is 11.5 Å². The fraction of sp³-hybridized carbons (Fsp3) is 0.395. The molecule has 0 aliphatic carbocycles. The Hall–Kier alpha value is -5.21. The second-order valence-electron chi connectivity index (χ2n) is 15.6. The quantitative estimate of drug-likeness (QED) is 0.167. The third-order valence-electron chi connectivity index (χ3n) is 11.3. The number of nitrogens with zero attached hydrogens (tertiary/aromatic N) is 6. The van der Waals surface area contributed by atoms with Crippen LogP contribution in [0, 0.1) is 5.92 Å². The summed E-state index contributed by atoms with van der Waals surface area (Å²) in [5.74, 6) is -0.475. The molecule has 2 fully saturated rings. The number of rotatable bonds is 12. The van der Waals surface area contributed by atoms with Gasteiger partial charge in [-0.2, -0.15) is 0 Å². The number of aliphatic hydroxyl groups is 1. The molecule has 2 atom stereocenters. The fourth-order valence-electron chi connectivity index (χ4n) is 7.99. The number of hydrogen-bond donors (Lipinski definition) is 3.